The molecule has 0 N–H and O–H groups in total. The average Bonchev–Trinajstić information content (AvgIpc) is 2.49. The van der Waals surface area contributed by atoms with Crippen molar-refractivity contribution in [2.24, 2.45) is 0 Å². The van der Waals surface area contributed by atoms with Gasteiger partial charge in [-0.2, -0.15) is 0 Å². The van der Waals surface area contributed by atoms with Gasteiger partial charge in [-0.25, -0.2) is 4.79 Å². The number of hydrogen-bond donors (Lipinski definition) is 0. The number of benzene rings is 1. The maximum atomic E-state index is 11.6. The fraction of sp³-hybridized carbons (Fsp3) is 0.0769. The molecular formula is C13H9BrN2O5. The Balaban J connectivity index is 2.48. The van der Waals surface area contributed by atoms with Crippen LogP contribution in [0.4, 0.5) is 5.69 Å². The number of nitro benzene ring substituents is 1. The summed E-state index contributed by atoms with van der Waals surface area (Å²) in [6.45, 7) is 0. The summed E-state index contributed by atoms with van der Waals surface area (Å²) in [5.41, 5.74) is -0.558. The first-order valence-electron chi connectivity index (χ1n) is 5.67. The van der Waals surface area contributed by atoms with Gasteiger partial charge in [0.15, 0.2) is 0 Å². The topological polar surface area (TPSA) is 91.6 Å². The van der Waals surface area contributed by atoms with Crippen molar-refractivity contribution in [3.63, 3.8) is 0 Å². The molecule has 0 amide bonds. The van der Waals surface area contributed by atoms with Gasteiger partial charge in [0, 0.05) is 18.3 Å². The minimum atomic E-state index is -0.815. The van der Waals surface area contributed by atoms with Gasteiger partial charge in [0.1, 0.15) is 17.1 Å². The molecular weight excluding hydrogens is 344 g/mol. The Labute approximate surface area is 127 Å². The lowest BCUT2D eigenvalue weighted by Crippen LogP contribution is -2.06. The molecule has 0 bridgehead atoms. The third-order valence-electron chi connectivity index (χ3n) is 2.51. The fourth-order valence-electron chi connectivity index (χ4n) is 1.58. The molecule has 8 heteroatoms. The second kappa shape index (κ2) is 6.31. The molecule has 0 unspecified atom stereocenters. The molecule has 0 aliphatic rings. The second-order valence-corrected chi connectivity index (χ2v) is 4.69. The van der Waals surface area contributed by atoms with Crippen LogP contribution in [0.5, 0.6) is 11.5 Å². The van der Waals surface area contributed by atoms with Crippen LogP contribution in [-0.2, 0) is 4.74 Å². The highest BCUT2D eigenvalue weighted by Crippen LogP contribution is 2.35. The quantitative estimate of drug-likeness (QED) is 0.476. The number of halogens is 1. The van der Waals surface area contributed by atoms with E-state index in [1.807, 2.05) is 0 Å². The van der Waals surface area contributed by atoms with Crippen LogP contribution in [0.3, 0.4) is 0 Å². The molecule has 21 heavy (non-hydrogen) atoms. The maximum Gasteiger partial charge on any atom is 0.345 e. The molecule has 0 aliphatic heterocycles. The van der Waals surface area contributed by atoms with Crippen LogP contribution >= 0.6 is 15.9 Å². The Morgan fingerprint density at radius 3 is 2.76 bits per heavy atom. The average molecular weight is 353 g/mol. The Kier molecular flexibility index (Phi) is 4.49. The van der Waals surface area contributed by atoms with Gasteiger partial charge < -0.3 is 9.47 Å². The van der Waals surface area contributed by atoms with Crippen LogP contribution in [0.1, 0.15) is 10.4 Å². The number of methoxy groups -OCH3 is 1. The van der Waals surface area contributed by atoms with E-state index in [-0.39, 0.29) is 17.0 Å². The monoisotopic (exact) mass is 352 g/mol. The Morgan fingerprint density at radius 2 is 2.19 bits per heavy atom. The zero-order chi connectivity index (χ0) is 15.4. The fourth-order valence-corrected chi connectivity index (χ4v) is 1.99. The smallest absolute Gasteiger partial charge is 0.345 e. The van der Waals surface area contributed by atoms with Crippen molar-refractivity contribution in [1.29, 1.82) is 0 Å². The summed E-state index contributed by atoms with van der Waals surface area (Å²) in [5, 5.41) is 11.0. The van der Waals surface area contributed by atoms with Gasteiger partial charge in [-0.3, -0.25) is 15.1 Å². The number of rotatable bonds is 4. The predicted molar refractivity (Wildman–Crippen MR) is 76.4 cm³/mol. The predicted octanol–water partition coefficient (Wildman–Crippen LogP) is 3.33. The highest BCUT2D eigenvalue weighted by Gasteiger charge is 2.24. The first-order chi connectivity index (χ1) is 10.0. The second-order valence-electron chi connectivity index (χ2n) is 3.84. The third kappa shape index (κ3) is 3.34. The number of carbonyl (C=O) groups excluding carboxylic acids is 1. The lowest BCUT2D eigenvalue weighted by Gasteiger charge is -2.09. The van der Waals surface area contributed by atoms with Gasteiger partial charge in [-0.1, -0.05) is 0 Å². The summed E-state index contributed by atoms with van der Waals surface area (Å²) in [6.07, 6.45) is 3.06. The van der Waals surface area contributed by atoms with Crippen LogP contribution in [0.15, 0.2) is 41.1 Å². The van der Waals surface area contributed by atoms with Crippen LogP contribution in [-0.4, -0.2) is 23.0 Å². The van der Waals surface area contributed by atoms with E-state index in [1.165, 1.54) is 18.3 Å². The number of esters is 1. The van der Waals surface area contributed by atoms with E-state index in [0.29, 0.717) is 10.2 Å². The molecule has 0 saturated carbocycles. The lowest BCUT2D eigenvalue weighted by atomic mass is 10.1. The Bertz CT molecular complexity index is 690. The van der Waals surface area contributed by atoms with Crippen molar-refractivity contribution in [3.8, 4) is 11.5 Å². The summed E-state index contributed by atoms with van der Waals surface area (Å²) in [7, 11) is 1.15. The zero-order valence-corrected chi connectivity index (χ0v) is 12.4. The maximum absolute atomic E-state index is 11.6. The van der Waals surface area contributed by atoms with E-state index in [0.717, 1.165) is 7.11 Å². The highest BCUT2D eigenvalue weighted by molar-refractivity contribution is 9.10. The molecule has 108 valence electrons. The number of aromatic nitrogens is 1. The minimum absolute atomic E-state index is 0.190. The van der Waals surface area contributed by atoms with E-state index in [1.54, 1.807) is 18.3 Å². The van der Waals surface area contributed by atoms with Crippen LogP contribution in [0.25, 0.3) is 0 Å². The molecule has 7 nitrogen and oxygen atoms in total. The van der Waals surface area contributed by atoms with E-state index in [9.17, 15) is 14.9 Å². The third-order valence-corrected chi connectivity index (χ3v) is 3.13. The molecule has 0 radical (unpaired) electrons. The highest BCUT2D eigenvalue weighted by atomic mass is 79.9. The van der Waals surface area contributed by atoms with E-state index >= 15 is 0 Å². The van der Waals surface area contributed by atoms with Crippen LogP contribution in [0.2, 0.25) is 0 Å². The number of nitro groups is 1. The van der Waals surface area contributed by atoms with Crippen molar-refractivity contribution >= 4 is 27.6 Å². The number of pyridine rings is 1. The number of hydrogen-bond acceptors (Lipinski definition) is 6. The van der Waals surface area contributed by atoms with Gasteiger partial charge in [0.05, 0.1) is 22.7 Å². The van der Waals surface area contributed by atoms with Crippen molar-refractivity contribution < 1.29 is 19.2 Å². The molecule has 0 atom stereocenters. The van der Waals surface area contributed by atoms with Gasteiger partial charge in [-0.15, -0.1) is 0 Å². The standard InChI is InChI=1S/C13H9BrN2O5/c1-20-13(17)9-5-12(10(14)6-11(9)16(18)19)21-8-3-2-4-15-7-8/h2-7H,1H3. The molecule has 0 spiro atoms. The number of ether oxygens (including phenoxy) is 2. The molecule has 2 aromatic rings. The van der Waals surface area contributed by atoms with Gasteiger partial charge in [0.25, 0.3) is 5.69 Å². The number of nitrogens with zero attached hydrogens (tertiary/aromatic N) is 2. The SMILES string of the molecule is COC(=O)c1cc(Oc2cccnc2)c(Br)cc1[N+](=O)[O-]. The largest absolute Gasteiger partial charge is 0.465 e. The van der Waals surface area contributed by atoms with Crippen LogP contribution in [0, 0.1) is 10.1 Å². The van der Waals surface area contributed by atoms with E-state index in [4.69, 9.17) is 4.74 Å². The summed E-state index contributed by atoms with van der Waals surface area (Å²) in [6, 6.07) is 5.79. The van der Waals surface area contributed by atoms with Crippen molar-refractivity contribution in [2.45, 2.75) is 0 Å². The van der Waals surface area contributed by atoms with Gasteiger partial charge in [-0.05, 0) is 28.1 Å². The van der Waals surface area contributed by atoms with Gasteiger partial charge in [0.2, 0.25) is 0 Å². The van der Waals surface area contributed by atoms with Crippen LogP contribution < -0.4 is 4.74 Å². The number of carbonyl (C=O) groups is 1. The normalized spacial score (nSPS) is 10.0. The summed E-state index contributed by atoms with van der Waals surface area (Å²) >= 11 is 3.18. The summed E-state index contributed by atoms with van der Waals surface area (Å²) in [5.74, 6) is -0.137. The van der Waals surface area contributed by atoms with E-state index < -0.39 is 10.9 Å². The molecule has 0 aliphatic carbocycles. The lowest BCUT2D eigenvalue weighted by molar-refractivity contribution is -0.385. The molecule has 1 heterocycles. The first kappa shape index (κ1) is 14.9. The summed E-state index contributed by atoms with van der Waals surface area (Å²) < 4.78 is 10.4. The zero-order valence-electron chi connectivity index (χ0n) is 10.8. The van der Waals surface area contributed by atoms with Gasteiger partial charge >= 0.3 is 5.97 Å². The van der Waals surface area contributed by atoms with Crippen molar-refractivity contribution in [1.82, 2.24) is 4.98 Å². The summed E-state index contributed by atoms with van der Waals surface area (Å²) in [4.78, 5) is 25.9. The molecule has 2 rings (SSSR count). The Morgan fingerprint density at radius 1 is 1.43 bits per heavy atom. The van der Waals surface area contributed by atoms with Crippen molar-refractivity contribution in [2.75, 3.05) is 7.11 Å². The molecule has 1 aromatic heterocycles. The van der Waals surface area contributed by atoms with Crippen molar-refractivity contribution in [3.05, 3.63) is 56.8 Å². The Hall–Kier alpha value is -2.48. The minimum Gasteiger partial charge on any atom is -0.465 e. The van der Waals surface area contributed by atoms with E-state index in [2.05, 4.69) is 25.7 Å². The molecule has 0 fully saturated rings. The molecule has 1 aromatic carbocycles. The molecule has 0 saturated heterocycles. The first-order valence-corrected chi connectivity index (χ1v) is 6.46.